The van der Waals surface area contributed by atoms with Crippen molar-refractivity contribution in [2.24, 2.45) is 5.92 Å². The maximum absolute atomic E-state index is 13.1. The fourth-order valence-corrected chi connectivity index (χ4v) is 4.92. The van der Waals surface area contributed by atoms with Crippen molar-refractivity contribution in [3.63, 3.8) is 0 Å². The van der Waals surface area contributed by atoms with Gasteiger partial charge in [0.05, 0.1) is 0 Å². The topological polar surface area (TPSA) is 92.6 Å². The lowest BCUT2D eigenvalue weighted by atomic mass is 9.84. The zero-order valence-corrected chi connectivity index (χ0v) is 22.4. The first-order valence-electron chi connectivity index (χ1n) is 13.5. The molecule has 0 aliphatic heterocycles. The molecule has 2 aromatic carbocycles. The number of carbonyl (C=O) groups is 2. The van der Waals surface area contributed by atoms with Gasteiger partial charge in [-0.15, -0.1) is 13.2 Å². The summed E-state index contributed by atoms with van der Waals surface area (Å²) in [4.78, 5) is 26.2. The average molecular weight is 558 g/mol. The number of alkyl halides is 3. The zero-order chi connectivity index (χ0) is 28.5. The summed E-state index contributed by atoms with van der Waals surface area (Å²) in [5.41, 5.74) is 2.52. The number of rotatable bonds is 11. The summed E-state index contributed by atoms with van der Waals surface area (Å²) in [7, 11) is 0. The molecular weight excluding hydrogens is 523 g/mol. The lowest BCUT2D eigenvalue weighted by Crippen LogP contribution is -2.48. The van der Waals surface area contributed by atoms with Gasteiger partial charge in [-0.25, -0.2) is 0 Å². The predicted molar refractivity (Wildman–Crippen MR) is 146 cm³/mol. The molecule has 1 saturated carbocycles. The molecule has 0 bridgehead atoms. The van der Waals surface area contributed by atoms with Gasteiger partial charge in [-0.3, -0.25) is 9.59 Å². The predicted octanol–water partition coefficient (Wildman–Crippen LogP) is 6.45. The number of furan rings is 1. The Hall–Kier alpha value is -3.95. The summed E-state index contributed by atoms with van der Waals surface area (Å²) in [6.07, 6.45) is 1.24. The maximum atomic E-state index is 13.1. The van der Waals surface area contributed by atoms with E-state index in [1.807, 2.05) is 31.2 Å². The van der Waals surface area contributed by atoms with Crippen molar-refractivity contribution in [3.05, 3.63) is 72.0 Å². The van der Waals surface area contributed by atoms with E-state index in [2.05, 4.69) is 20.7 Å². The number of carbonyl (C=O) groups excluding carboxylic acids is 2. The fourth-order valence-electron chi connectivity index (χ4n) is 4.92. The number of anilines is 1. The molecule has 3 aromatic rings. The van der Waals surface area contributed by atoms with E-state index < -0.39 is 18.3 Å². The minimum atomic E-state index is -4.75. The van der Waals surface area contributed by atoms with Crippen LogP contribution < -0.4 is 20.7 Å². The Morgan fingerprint density at radius 2 is 1.75 bits per heavy atom. The molecule has 214 valence electrons. The number of aryl methyl sites for hydroxylation is 1. The zero-order valence-electron chi connectivity index (χ0n) is 22.4. The molecule has 1 fully saturated rings. The lowest BCUT2D eigenvalue weighted by molar-refractivity contribution is -0.274. The van der Waals surface area contributed by atoms with Crippen LogP contribution in [0.3, 0.4) is 0 Å². The van der Waals surface area contributed by atoms with Crippen LogP contribution in [0.5, 0.6) is 5.75 Å². The van der Waals surface area contributed by atoms with Gasteiger partial charge < -0.3 is 25.1 Å². The third kappa shape index (κ3) is 8.79. The molecule has 40 heavy (non-hydrogen) atoms. The lowest BCUT2D eigenvalue weighted by Gasteiger charge is -2.26. The average Bonchev–Trinajstić information content (AvgIpc) is 3.42. The maximum Gasteiger partial charge on any atom is 0.573 e. The minimum Gasteiger partial charge on any atom is -0.451 e. The number of hydrogen-bond acceptors (Lipinski definition) is 5. The van der Waals surface area contributed by atoms with Gasteiger partial charge in [-0.2, -0.15) is 0 Å². The molecule has 0 saturated heterocycles. The highest BCUT2D eigenvalue weighted by molar-refractivity contribution is 5.96. The van der Waals surface area contributed by atoms with Gasteiger partial charge in [-0.1, -0.05) is 55.9 Å². The van der Waals surface area contributed by atoms with Crippen molar-refractivity contribution in [1.82, 2.24) is 10.6 Å². The minimum absolute atomic E-state index is 0.137. The SMILES string of the molecule is Cc1cccc(-c2ccc(C(=O)N[C@@H](CC3CCCCC3)C(=O)NCCNc3ccc(OC(F)(F)F)cc3)o2)c1. The van der Waals surface area contributed by atoms with Crippen LogP contribution in [0.15, 0.2) is 65.1 Å². The van der Waals surface area contributed by atoms with E-state index >= 15 is 0 Å². The first kappa shape index (κ1) is 29.0. The van der Waals surface area contributed by atoms with Crippen LogP contribution in [0.1, 0.15) is 54.6 Å². The third-order valence-electron chi connectivity index (χ3n) is 6.89. The van der Waals surface area contributed by atoms with Crippen LogP contribution in [0.2, 0.25) is 0 Å². The van der Waals surface area contributed by atoms with Gasteiger partial charge in [0.2, 0.25) is 5.91 Å². The van der Waals surface area contributed by atoms with Crippen LogP contribution >= 0.6 is 0 Å². The molecule has 1 aliphatic rings. The first-order valence-corrected chi connectivity index (χ1v) is 13.5. The Morgan fingerprint density at radius 3 is 2.45 bits per heavy atom. The largest absolute Gasteiger partial charge is 0.573 e. The highest BCUT2D eigenvalue weighted by Crippen LogP contribution is 2.28. The molecule has 0 spiro atoms. The van der Waals surface area contributed by atoms with Crippen molar-refractivity contribution < 1.29 is 31.9 Å². The Balaban J connectivity index is 1.32. The highest BCUT2D eigenvalue weighted by Gasteiger charge is 2.31. The molecule has 0 unspecified atom stereocenters. The van der Waals surface area contributed by atoms with Crippen LogP contribution in [0, 0.1) is 12.8 Å². The van der Waals surface area contributed by atoms with Crippen LogP contribution in [0.4, 0.5) is 18.9 Å². The van der Waals surface area contributed by atoms with Gasteiger partial charge >= 0.3 is 6.36 Å². The van der Waals surface area contributed by atoms with E-state index in [0.29, 0.717) is 30.3 Å². The van der Waals surface area contributed by atoms with Crippen molar-refractivity contribution in [2.75, 3.05) is 18.4 Å². The normalized spacial score (nSPS) is 14.8. The number of amides is 2. The molecule has 3 N–H and O–H groups in total. The number of benzene rings is 2. The monoisotopic (exact) mass is 557 g/mol. The van der Waals surface area contributed by atoms with Crippen molar-refractivity contribution >= 4 is 17.5 Å². The Labute approximate surface area is 231 Å². The molecule has 7 nitrogen and oxygen atoms in total. The molecule has 0 radical (unpaired) electrons. The standard InChI is InChI=1S/C30H34F3N3O4/c1-20-6-5-9-22(18-20)26-14-15-27(39-26)29(38)36-25(19-21-7-3-2-4-8-21)28(37)35-17-16-34-23-10-12-24(13-11-23)40-30(31,32)33/h5-6,9-15,18,21,25,34H,2-4,7-8,16-17,19H2,1H3,(H,35,37)(H,36,38)/t25-/m0/s1. The van der Waals surface area contributed by atoms with E-state index in [1.54, 1.807) is 12.1 Å². The molecule has 4 rings (SSSR count). The fraction of sp³-hybridized carbons (Fsp3) is 0.400. The van der Waals surface area contributed by atoms with Crippen molar-refractivity contribution in [1.29, 1.82) is 0 Å². The second-order valence-corrected chi connectivity index (χ2v) is 10.1. The van der Waals surface area contributed by atoms with Gasteiger partial charge in [0.15, 0.2) is 5.76 Å². The first-order chi connectivity index (χ1) is 19.2. The summed E-state index contributed by atoms with van der Waals surface area (Å²) in [5, 5.41) is 8.77. The molecule has 1 aliphatic carbocycles. The quantitative estimate of drug-likeness (QED) is 0.236. The summed E-state index contributed by atoms with van der Waals surface area (Å²) < 4.78 is 46.7. The smallest absolute Gasteiger partial charge is 0.451 e. The Morgan fingerprint density at radius 1 is 1.00 bits per heavy atom. The molecular formula is C30H34F3N3O4. The number of ether oxygens (including phenoxy) is 1. The van der Waals surface area contributed by atoms with Crippen LogP contribution in [-0.2, 0) is 4.79 Å². The number of nitrogens with one attached hydrogen (secondary N) is 3. The Kier molecular flexibility index (Phi) is 9.74. The number of halogens is 3. The van der Waals surface area contributed by atoms with Gasteiger partial charge in [0.25, 0.3) is 5.91 Å². The van der Waals surface area contributed by atoms with Gasteiger partial charge in [-0.05, 0) is 61.7 Å². The molecule has 10 heteroatoms. The van der Waals surface area contributed by atoms with E-state index in [1.165, 1.54) is 30.7 Å². The van der Waals surface area contributed by atoms with Crippen molar-refractivity contribution in [2.45, 2.75) is 57.9 Å². The molecule has 2 amide bonds. The van der Waals surface area contributed by atoms with E-state index in [0.717, 1.165) is 36.8 Å². The molecule has 1 aromatic heterocycles. The Bertz CT molecular complexity index is 1270. The van der Waals surface area contributed by atoms with Crippen LogP contribution in [0.25, 0.3) is 11.3 Å². The van der Waals surface area contributed by atoms with E-state index in [-0.39, 0.29) is 24.0 Å². The second kappa shape index (κ2) is 13.4. The molecule has 1 atom stereocenters. The number of hydrogen-bond donors (Lipinski definition) is 3. The summed E-state index contributed by atoms with van der Waals surface area (Å²) in [6, 6.07) is 15.8. The van der Waals surface area contributed by atoms with E-state index in [9.17, 15) is 22.8 Å². The van der Waals surface area contributed by atoms with Crippen LogP contribution in [-0.4, -0.2) is 37.3 Å². The van der Waals surface area contributed by atoms with Gasteiger partial charge in [0.1, 0.15) is 17.6 Å². The van der Waals surface area contributed by atoms with Crippen molar-refractivity contribution in [3.8, 4) is 17.1 Å². The summed E-state index contributed by atoms with van der Waals surface area (Å²) in [5.74, 6) is 0.00746. The summed E-state index contributed by atoms with van der Waals surface area (Å²) >= 11 is 0. The second-order valence-electron chi connectivity index (χ2n) is 10.1. The third-order valence-corrected chi connectivity index (χ3v) is 6.89. The van der Waals surface area contributed by atoms with E-state index in [4.69, 9.17) is 4.42 Å². The summed E-state index contributed by atoms with van der Waals surface area (Å²) in [6.45, 7) is 2.58. The van der Waals surface area contributed by atoms with Gasteiger partial charge in [0, 0.05) is 24.3 Å². The highest BCUT2D eigenvalue weighted by atomic mass is 19.4. The molecule has 1 heterocycles.